The summed E-state index contributed by atoms with van der Waals surface area (Å²) in [6.45, 7) is 18.3. The van der Waals surface area contributed by atoms with Gasteiger partial charge in [0.05, 0.1) is 0 Å². The van der Waals surface area contributed by atoms with Gasteiger partial charge in [0.15, 0.2) is 11.9 Å². The van der Waals surface area contributed by atoms with Crippen molar-refractivity contribution >= 4 is 30.1 Å². The Morgan fingerprint density at radius 1 is 0.645 bits per heavy atom. The highest BCUT2D eigenvalue weighted by Gasteiger charge is 2.32. The van der Waals surface area contributed by atoms with Crippen LogP contribution in [0.4, 0.5) is 11.4 Å². The van der Waals surface area contributed by atoms with Crippen LogP contribution in [0.15, 0.2) is 48.8 Å². The maximum atomic E-state index is 2.36. The van der Waals surface area contributed by atoms with Crippen molar-refractivity contribution in [2.75, 3.05) is 0 Å². The number of nitrogens with one attached hydrogen (secondary N) is 1. The lowest BCUT2D eigenvalue weighted by Gasteiger charge is -2.18. The van der Waals surface area contributed by atoms with Crippen molar-refractivity contribution in [1.82, 2.24) is 0 Å². The van der Waals surface area contributed by atoms with Crippen molar-refractivity contribution in [2.45, 2.75) is 79.1 Å². The summed E-state index contributed by atoms with van der Waals surface area (Å²) < 4.78 is 2.36. The van der Waals surface area contributed by atoms with E-state index in [0.717, 1.165) is 0 Å². The fourth-order valence-corrected chi connectivity index (χ4v) is 4.38. The zero-order valence-electron chi connectivity index (χ0n) is 20.2. The molecule has 0 fully saturated rings. The summed E-state index contributed by atoms with van der Waals surface area (Å²) in [5, 5.41) is 0. The van der Waals surface area contributed by atoms with Crippen LogP contribution in [-0.2, 0) is 0 Å². The molecule has 3 rings (SSSR count). The Balaban J connectivity index is 0.00000240. The lowest BCUT2D eigenvalue weighted by Crippen LogP contribution is -3.01. The molecule has 2 aromatic carbocycles. The van der Waals surface area contributed by atoms with Gasteiger partial charge in [-0.3, -0.25) is 0 Å². The Morgan fingerprint density at radius 3 is 1.42 bits per heavy atom. The normalized spacial score (nSPS) is 15.5. The van der Waals surface area contributed by atoms with Crippen LogP contribution in [0.1, 0.15) is 101 Å². The molecule has 0 spiro atoms. The van der Waals surface area contributed by atoms with Crippen LogP contribution in [0.5, 0.6) is 0 Å². The van der Waals surface area contributed by atoms with E-state index in [2.05, 4.69) is 115 Å². The molecule has 0 radical (unpaired) electrons. The first-order valence-corrected chi connectivity index (χ1v) is 11.2. The largest absolute Gasteiger partial charge is 1.00 e. The van der Waals surface area contributed by atoms with Crippen molar-refractivity contribution in [2.24, 2.45) is 0 Å². The van der Waals surface area contributed by atoms with Gasteiger partial charge in [-0.05, 0) is 23.7 Å². The average molecular weight is 463 g/mol. The van der Waals surface area contributed by atoms with Gasteiger partial charge in [0.2, 0.25) is 11.9 Å². The second-order valence-electron chi connectivity index (χ2n) is 9.52. The number of nitrogens with zero attached hydrogens (tertiary/aromatic N) is 1. The molecule has 0 amide bonds. The number of benzene rings is 2. The van der Waals surface area contributed by atoms with Gasteiger partial charge < -0.3 is 12.4 Å². The van der Waals surface area contributed by atoms with E-state index in [1.807, 2.05) is 0 Å². The van der Waals surface area contributed by atoms with Gasteiger partial charge in [0.25, 0.3) is 0 Å². The van der Waals surface area contributed by atoms with Gasteiger partial charge in [0, 0.05) is 22.3 Å². The monoisotopic (exact) mass is 461 g/mol. The molecular formula is C27H39Cl2N2+. The predicted octanol–water partition coefficient (Wildman–Crippen LogP) is 3.98. The van der Waals surface area contributed by atoms with Gasteiger partial charge in [-0.2, -0.15) is 4.90 Å². The molecule has 0 saturated carbocycles. The first-order valence-electron chi connectivity index (χ1n) is 11.2. The van der Waals surface area contributed by atoms with Crippen LogP contribution in [0.3, 0.4) is 0 Å². The maximum absolute atomic E-state index is 2.36. The van der Waals surface area contributed by atoms with E-state index >= 15 is 0 Å². The highest BCUT2D eigenvalue weighted by molar-refractivity contribution is 5.85. The summed E-state index contributed by atoms with van der Waals surface area (Å²) in [5.74, 6) is 1.98. The van der Waals surface area contributed by atoms with Gasteiger partial charge in [-0.1, -0.05) is 91.8 Å². The molecule has 2 aromatic rings. The van der Waals surface area contributed by atoms with E-state index in [9.17, 15) is 0 Å². The molecule has 1 atom stereocenters. The molecule has 1 aliphatic rings. The van der Waals surface area contributed by atoms with E-state index in [1.54, 1.807) is 0 Å². The Bertz CT molecular complexity index is 888. The molecule has 170 valence electrons. The van der Waals surface area contributed by atoms with E-state index < -0.39 is 0 Å². The standard InChI is InChI=1S/C27H37N2.2ClH/c1-18(2)22-11-9-12-23(19(3)4)26(22)28-15-16-29(17-28)27-24(20(5)6)13-10-14-25(27)21(7)8;;/h9-21H,1-8H3;2*1H/q+1;;. The maximum Gasteiger partial charge on any atom is 0.346 e. The number of rotatable bonds is 6. The van der Waals surface area contributed by atoms with E-state index in [-0.39, 0.29) is 24.8 Å². The zero-order chi connectivity index (χ0) is 21.3. The number of hydrogen-bond donors (Lipinski definition) is 1. The lowest BCUT2D eigenvalue weighted by molar-refractivity contribution is -0.669. The molecular weight excluding hydrogens is 423 g/mol. The molecule has 1 heterocycles. The number of halogens is 2. The number of para-hydroxylation sites is 2. The van der Waals surface area contributed by atoms with Crippen LogP contribution in [0, 0.1) is 0 Å². The Morgan fingerprint density at radius 2 is 1.03 bits per heavy atom. The Kier molecular flexibility index (Phi) is 10.0. The zero-order valence-corrected chi connectivity index (χ0v) is 21.8. The number of quaternary nitrogens is 1. The summed E-state index contributed by atoms with van der Waals surface area (Å²) in [7, 11) is 0. The van der Waals surface area contributed by atoms with Crippen molar-refractivity contribution in [3.05, 3.63) is 71.1 Å². The predicted molar refractivity (Wildman–Crippen MR) is 132 cm³/mol. The van der Waals surface area contributed by atoms with Crippen molar-refractivity contribution in [3.63, 3.8) is 0 Å². The first kappa shape index (κ1) is 27.4. The molecule has 1 aliphatic heterocycles. The molecule has 1 unspecified atom stereocenters. The quantitative estimate of drug-likeness (QED) is 0.622. The van der Waals surface area contributed by atoms with Gasteiger partial charge in [-0.15, -0.1) is 17.0 Å². The molecule has 0 bridgehead atoms. The Hall–Kier alpha value is -1.61. The van der Waals surface area contributed by atoms with Crippen LogP contribution in [0.2, 0.25) is 0 Å². The fourth-order valence-electron chi connectivity index (χ4n) is 4.38. The van der Waals surface area contributed by atoms with Crippen LogP contribution < -0.4 is 17.3 Å². The summed E-state index contributed by atoms with van der Waals surface area (Å²) in [6, 6.07) is 13.6. The molecule has 1 N–H and O–H groups in total. The highest BCUT2D eigenvalue weighted by Crippen LogP contribution is 2.35. The molecule has 2 nitrogen and oxygen atoms in total. The SMILES string of the molecule is CC(C)c1cccc(C(C)C)c1[N+]1=C[NH+](c2c(C(C)C)cccc2C(C)C)C=C1.Cl.[Cl-]. The van der Waals surface area contributed by atoms with Crippen LogP contribution in [0.25, 0.3) is 0 Å². The fraction of sp³-hybridized carbons (Fsp3) is 0.444. The Labute approximate surface area is 201 Å². The molecule has 0 aliphatic carbocycles. The highest BCUT2D eigenvalue weighted by atomic mass is 35.5. The minimum Gasteiger partial charge on any atom is -1.00 e. The summed E-state index contributed by atoms with van der Waals surface area (Å²) in [6.07, 6.45) is 6.90. The first-order chi connectivity index (χ1) is 13.7. The second kappa shape index (κ2) is 11.3. The number of hydrogen-bond acceptors (Lipinski definition) is 0. The third-order valence-corrected chi connectivity index (χ3v) is 5.96. The minimum absolute atomic E-state index is 0. The van der Waals surface area contributed by atoms with E-state index in [4.69, 9.17) is 0 Å². The second-order valence-corrected chi connectivity index (χ2v) is 9.52. The van der Waals surface area contributed by atoms with E-state index in [0.29, 0.717) is 23.7 Å². The van der Waals surface area contributed by atoms with Crippen molar-refractivity contribution < 1.29 is 21.9 Å². The topological polar surface area (TPSA) is 7.45 Å². The smallest absolute Gasteiger partial charge is 0.346 e. The molecule has 0 saturated heterocycles. The van der Waals surface area contributed by atoms with E-state index in [1.165, 1.54) is 38.5 Å². The minimum atomic E-state index is 0. The summed E-state index contributed by atoms with van der Waals surface area (Å²) in [4.78, 5) is 1.33. The molecule has 0 aromatic heterocycles. The van der Waals surface area contributed by atoms with Crippen LogP contribution in [-0.4, -0.2) is 10.9 Å². The van der Waals surface area contributed by atoms with Gasteiger partial charge >= 0.3 is 6.34 Å². The third kappa shape index (κ3) is 5.61. The van der Waals surface area contributed by atoms with Gasteiger partial charge in [-0.25, -0.2) is 0 Å². The third-order valence-electron chi connectivity index (χ3n) is 5.96. The average Bonchev–Trinajstić information content (AvgIpc) is 3.15. The van der Waals surface area contributed by atoms with Crippen molar-refractivity contribution in [1.29, 1.82) is 0 Å². The molecule has 31 heavy (non-hydrogen) atoms. The summed E-state index contributed by atoms with van der Waals surface area (Å²) in [5.41, 5.74) is 8.49. The van der Waals surface area contributed by atoms with Crippen molar-refractivity contribution in [3.8, 4) is 0 Å². The van der Waals surface area contributed by atoms with Gasteiger partial charge in [0.1, 0.15) is 0 Å². The molecule has 4 heteroatoms. The lowest BCUT2D eigenvalue weighted by atomic mass is 9.92. The van der Waals surface area contributed by atoms with Crippen LogP contribution >= 0.6 is 12.4 Å². The summed E-state index contributed by atoms with van der Waals surface area (Å²) >= 11 is 0.